The van der Waals surface area contributed by atoms with Crippen molar-refractivity contribution in [2.45, 2.75) is 44.7 Å². The third-order valence-electron chi connectivity index (χ3n) is 4.26. The van der Waals surface area contributed by atoms with Crippen molar-refractivity contribution in [1.82, 2.24) is 10.6 Å². The first kappa shape index (κ1) is 14.4. The van der Waals surface area contributed by atoms with Gasteiger partial charge in [-0.25, -0.2) is 0 Å². The van der Waals surface area contributed by atoms with Gasteiger partial charge in [0, 0.05) is 12.1 Å². The molecule has 2 fully saturated rings. The topological polar surface area (TPSA) is 50.4 Å². The molecule has 1 saturated heterocycles. The van der Waals surface area contributed by atoms with Crippen LogP contribution >= 0.6 is 0 Å². The highest BCUT2D eigenvalue weighted by molar-refractivity contribution is 5.97. The Morgan fingerprint density at radius 1 is 1.33 bits per heavy atom. The van der Waals surface area contributed by atoms with Crippen LogP contribution in [0, 0.1) is 5.92 Å². The predicted molar refractivity (Wildman–Crippen MR) is 82.6 cm³/mol. The van der Waals surface area contributed by atoms with Crippen LogP contribution in [0.4, 0.5) is 0 Å². The first-order valence-corrected chi connectivity index (χ1v) is 7.98. The van der Waals surface area contributed by atoms with Gasteiger partial charge in [0.25, 0.3) is 5.91 Å². The van der Waals surface area contributed by atoms with Crippen LogP contribution in [-0.2, 0) is 0 Å². The zero-order valence-corrected chi connectivity index (χ0v) is 12.6. The second kappa shape index (κ2) is 6.48. The molecular formula is C17H24N2O2. The van der Waals surface area contributed by atoms with Crippen molar-refractivity contribution in [3.8, 4) is 5.75 Å². The third-order valence-corrected chi connectivity index (χ3v) is 4.26. The average molecular weight is 288 g/mol. The Bertz CT molecular complexity index is 499. The number of nitrogens with one attached hydrogen (secondary N) is 2. The Labute approximate surface area is 126 Å². The fourth-order valence-electron chi connectivity index (χ4n) is 2.80. The van der Waals surface area contributed by atoms with Gasteiger partial charge in [-0.1, -0.05) is 12.1 Å². The van der Waals surface area contributed by atoms with Gasteiger partial charge in [0.05, 0.1) is 12.2 Å². The molecule has 1 amide bonds. The minimum atomic E-state index is -0.0134. The highest BCUT2D eigenvalue weighted by Gasteiger charge is 2.24. The van der Waals surface area contributed by atoms with Crippen LogP contribution in [-0.4, -0.2) is 31.1 Å². The third kappa shape index (κ3) is 3.97. The van der Waals surface area contributed by atoms with Crippen molar-refractivity contribution in [3.63, 3.8) is 0 Å². The van der Waals surface area contributed by atoms with Gasteiger partial charge in [0.2, 0.25) is 0 Å². The first-order chi connectivity index (χ1) is 10.2. The number of carbonyl (C=O) groups is 1. The molecule has 4 heteroatoms. The van der Waals surface area contributed by atoms with Crippen molar-refractivity contribution < 1.29 is 9.53 Å². The van der Waals surface area contributed by atoms with Gasteiger partial charge in [-0.05, 0) is 57.2 Å². The highest BCUT2D eigenvalue weighted by Crippen LogP contribution is 2.30. The van der Waals surface area contributed by atoms with Crippen LogP contribution in [0.1, 0.15) is 43.0 Å². The highest BCUT2D eigenvalue weighted by atomic mass is 16.5. The molecule has 4 nitrogen and oxygen atoms in total. The molecule has 3 rings (SSSR count). The number of hydrogen-bond acceptors (Lipinski definition) is 3. The zero-order valence-electron chi connectivity index (χ0n) is 12.6. The lowest BCUT2D eigenvalue weighted by Gasteiger charge is -2.28. The van der Waals surface area contributed by atoms with E-state index in [4.69, 9.17) is 4.74 Å². The SMILES string of the molecule is CC1CC(NC(=O)c2ccccc2OCC2CC2)CCN1. The molecule has 1 heterocycles. The molecule has 1 aromatic rings. The van der Waals surface area contributed by atoms with Crippen LogP contribution in [0.5, 0.6) is 5.75 Å². The largest absolute Gasteiger partial charge is 0.492 e. The molecular weight excluding hydrogens is 264 g/mol. The Kier molecular flexibility index (Phi) is 4.44. The molecule has 1 aliphatic carbocycles. The molecule has 21 heavy (non-hydrogen) atoms. The molecule has 0 bridgehead atoms. The minimum absolute atomic E-state index is 0.0134. The van der Waals surface area contributed by atoms with Crippen LogP contribution in [0.3, 0.4) is 0 Å². The van der Waals surface area contributed by atoms with E-state index in [2.05, 4.69) is 17.6 Å². The van der Waals surface area contributed by atoms with E-state index in [0.717, 1.165) is 26.0 Å². The Morgan fingerprint density at radius 2 is 2.14 bits per heavy atom. The summed E-state index contributed by atoms with van der Waals surface area (Å²) < 4.78 is 5.82. The lowest BCUT2D eigenvalue weighted by Crippen LogP contribution is -2.46. The van der Waals surface area contributed by atoms with Gasteiger partial charge >= 0.3 is 0 Å². The molecule has 2 unspecified atom stereocenters. The normalized spacial score (nSPS) is 25.4. The van der Waals surface area contributed by atoms with E-state index in [1.165, 1.54) is 12.8 Å². The summed E-state index contributed by atoms with van der Waals surface area (Å²) in [5, 5.41) is 6.55. The van der Waals surface area contributed by atoms with E-state index in [9.17, 15) is 4.79 Å². The molecule has 0 aromatic heterocycles. The van der Waals surface area contributed by atoms with Crippen LogP contribution in [0.25, 0.3) is 0 Å². The molecule has 1 aliphatic heterocycles. The zero-order chi connectivity index (χ0) is 14.7. The molecule has 1 saturated carbocycles. The van der Waals surface area contributed by atoms with Gasteiger partial charge in [0.1, 0.15) is 5.75 Å². The number of benzene rings is 1. The van der Waals surface area contributed by atoms with Gasteiger partial charge in [-0.3, -0.25) is 4.79 Å². The fourth-order valence-corrected chi connectivity index (χ4v) is 2.80. The average Bonchev–Trinajstić information content (AvgIpc) is 3.29. The number of amides is 1. The van der Waals surface area contributed by atoms with Crippen molar-refractivity contribution in [2.75, 3.05) is 13.2 Å². The van der Waals surface area contributed by atoms with Crippen molar-refractivity contribution in [3.05, 3.63) is 29.8 Å². The maximum absolute atomic E-state index is 12.5. The van der Waals surface area contributed by atoms with Gasteiger partial charge in [-0.2, -0.15) is 0 Å². The first-order valence-electron chi connectivity index (χ1n) is 7.98. The summed E-state index contributed by atoms with van der Waals surface area (Å²) >= 11 is 0. The van der Waals surface area contributed by atoms with E-state index in [0.29, 0.717) is 23.3 Å². The maximum atomic E-state index is 12.5. The molecule has 2 atom stereocenters. The van der Waals surface area contributed by atoms with Gasteiger partial charge in [-0.15, -0.1) is 0 Å². The summed E-state index contributed by atoms with van der Waals surface area (Å²) in [5.74, 6) is 1.38. The summed E-state index contributed by atoms with van der Waals surface area (Å²) in [6.45, 7) is 3.85. The van der Waals surface area contributed by atoms with Crippen LogP contribution < -0.4 is 15.4 Å². The van der Waals surface area contributed by atoms with Crippen LogP contribution in [0.2, 0.25) is 0 Å². The molecule has 114 valence electrons. The van der Waals surface area contributed by atoms with E-state index in [-0.39, 0.29) is 11.9 Å². The smallest absolute Gasteiger partial charge is 0.255 e. The van der Waals surface area contributed by atoms with E-state index < -0.39 is 0 Å². The molecule has 1 aromatic carbocycles. The van der Waals surface area contributed by atoms with Crippen molar-refractivity contribution in [1.29, 1.82) is 0 Å². The molecule has 0 radical (unpaired) electrons. The fraction of sp³-hybridized carbons (Fsp3) is 0.588. The summed E-state index contributed by atoms with van der Waals surface area (Å²) in [6.07, 6.45) is 4.47. The molecule has 2 aliphatic rings. The number of piperidine rings is 1. The maximum Gasteiger partial charge on any atom is 0.255 e. The lowest BCUT2D eigenvalue weighted by molar-refractivity contribution is 0.0921. The predicted octanol–water partition coefficient (Wildman–Crippen LogP) is 2.35. The Balaban J connectivity index is 1.62. The number of hydrogen-bond donors (Lipinski definition) is 2. The summed E-state index contributed by atoms with van der Waals surface area (Å²) in [5.41, 5.74) is 0.657. The number of rotatable bonds is 5. The van der Waals surface area contributed by atoms with Crippen molar-refractivity contribution in [2.24, 2.45) is 5.92 Å². The monoisotopic (exact) mass is 288 g/mol. The van der Waals surface area contributed by atoms with Crippen LogP contribution in [0.15, 0.2) is 24.3 Å². The standard InChI is InChI=1S/C17H24N2O2/c1-12-10-14(8-9-18-12)19-17(20)15-4-2-3-5-16(15)21-11-13-6-7-13/h2-5,12-14,18H,6-11H2,1H3,(H,19,20). The Morgan fingerprint density at radius 3 is 2.90 bits per heavy atom. The lowest BCUT2D eigenvalue weighted by atomic mass is 10.00. The van der Waals surface area contributed by atoms with Crippen molar-refractivity contribution >= 4 is 5.91 Å². The second-order valence-corrected chi connectivity index (χ2v) is 6.30. The second-order valence-electron chi connectivity index (χ2n) is 6.30. The van der Waals surface area contributed by atoms with E-state index >= 15 is 0 Å². The molecule has 0 spiro atoms. The van der Waals surface area contributed by atoms with E-state index in [1.807, 2.05) is 24.3 Å². The number of para-hydroxylation sites is 1. The summed E-state index contributed by atoms with van der Waals surface area (Å²) in [4.78, 5) is 12.5. The Hall–Kier alpha value is -1.55. The quantitative estimate of drug-likeness (QED) is 0.874. The number of ether oxygens (including phenoxy) is 1. The van der Waals surface area contributed by atoms with E-state index in [1.54, 1.807) is 0 Å². The summed E-state index contributed by atoms with van der Waals surface area (Å²) in [6, 6.07) is 8.27. The molecule has 2 N–H and O–H groups in total. The number of carbonyl (C=O) groups excluding carboxylic acids is 1. The minimum Gasteiger partial charge on any atom is -0.492 e. The van der Waals surface area contributed by atoms with Gasteiger partial charge in [0.15, 0.2) is 0 Å². The van der Waals surface area contributed by atoms with Gasteiger partial charge < -0.3 is 15.4 Å². The summed E-state index contributed by atoms with van der Waals surface area (Å²) in [7, 11) is 0.